The number of amides is 2. The van der Waals surface area contributed by atoms with Crippen LogP contribution in [-0.2, 0) is 4.79 Å². The van der Waals surface area contributed by atoms with Gasteiger partial charge in [0.05, 0.1) is 6.54 Å². The van der Waals surface area contributed by atoms with Crippen LogP contribution >= 0.6 is 12.2 Å². The third kappa shape index (κ3) is 5.31. The van der Waals surface area contributed by atoms with Crippen molar-refractivity contribution in [3.8, 4) is 0 Å². The molecule has 1 rings (SSSR count). The lowest BCUT2D eigenvalue weighted by Crippen LogP contribution is -2.38. The second-order valence-electron chi connectivity index (χ2n) is 4.68. The van der Waals surface area contributed by atoms with Gasteiger partial charge in [-0.3, -0.25) is 14.6 Å². The summed E-state index contributed by atoms with van der Waals surface area (Å²) < 4.78 is 0. The van der Waals surface area contributed by atoms with Gasteiger partial charge in [-0.25, -0.2) is 0 Å². The highest BCUT2D eigenvalue weighted by molar-refractivity contribution is 7.80. The number of pyridine rings is 1. The summed E-state index contributed by atoms with van der Waals surface area (Å²) in [4.78, 5) is 27.4. The number of nitrogens with zero attached hydrogens (tertiary/aromatic N) is 1. The number of carbonyl (C=O) groups is 2. The van der Waals surface area contributed by atoms with Crippen molar-refractivity contribution in [3.05, 3.63) is 29.6 Å². The molecule has 108 valence electrons. The van der Waals surface area contributed by atoms with Crippen LogP contribution in [0.1, 0.15) is 29.9 Å². The van der Waals surface area contributed by atoms with Gasteiger partial charge in [0.2, 0.25) is 5.91 Å². The Morgan fingerprint density at radius 3 is 2.55 bits per heavy atom. The fourth-order valence-electron chi connectivity index (χ4n) is 1.31. The molecule has 0 aliphatic carbocycles. The summed E-state index contributed by atoms with van der Waals surface area (Å²) in [5, 5.41) is 5.20. The molecule has 1 aromatic heterocycles. The molecule has 0 radical (unpaired) electrons. The van der Waals surface area contributed by atoms with Crippen LogP contribution in [0.3, 0.4) is 0 Å². The van der Waals surface area contributed by atoms with Crippen LogP contribution in [0.4, 0.5) is 0 Å². The maximum absolute atomic E-state index is 11.8. The van der Waals surface area contributed by atoms with E-state index in [0.717, 1.165) is 0 Å². The van der Waals surface area contributed by atoms with Crippen LogP contribution < -0.4 is 16.4 Å². The van der Waals surface area contributed by atoms with Crippen LogP contribution in [0.2, 0.25) is 0 Å². The van der Waals surface area contributed by atoms with Crippen LogP contribution in [0.25, 0.3) is 0 Å². The van der Waals surface area contributed by atoms with Gasteiger partial charge in [-0.2, -0.15) is 0 Å². The van der Waals surface area contributed by atoms with E-state index in [-0.39, 0.29) is 23.1 Å². The Balaban J connectivity index is 2.46. The lowest BCUT2D eigenvalue weighted by molar-refractivity contribution is -0.120. The highest BCUT2D eigenvalue weighted by atomic mass is 32.1. The van der Waals surface area contributed by atoms with Crippen molar-refractivity contribution in [1.82, 2.24) is 15.6 Å². The first-order chi connectivity index (χ1) is 9.40. The Bertz CT molecular complexity index is 500. The van der Waals surface area contributed by atoms with Crippen LogP contribution in [0.15, 0.2) is 18.3 Å². The van der Waals surface area contributed by atoms with Crippen molar-refractivity contribution in [3.63, 3.8) is 0 Å². The number of thiocarbonyl (C=S) groups is 1. The molecule has 0 bridgehead atoms. The van der Waals surface area contributed by atoms with E-state index in [2.05, 4.69) is 15.6 Å². The summed E-state index contributed by atoms with van der Waals surface area (Å²) in [7, 11) is 0. The normalized spacial score (nSPS) is 10.2. The third-order valence-electron chi connectivity index (χ3n) is 2.40. The number of hydrogen-bond acceptors (Lipinski definition) is 4. The first kappa shape index (κ1) is 16.0. The van der Waals surface area contributed by atoms with Crippen molar-refractivity contribution in [2.75, 3.05) is 13.1 Å². The standard InChI is InChI=1S/C13H18N4O2S/c1-8(2)5-16-11(18)7-17-13(19)10-4-3-9(6-15-10)12(14)20/h3-4,6,8H,5,7H2,1-2H3,(H2,14,20)(H,16,18)(H,17,19). The molecule has 0 saturated carbocycles. The number of hydrogen-bond donors (Lipinski definition) is 3. The van der Waals surface area contributed by atoms with E-state index in [1.54, 1.807) is 6.07 Å². The maximum Gasteiger partial charge on any atom is 0.270 e. The van der Waals surface area contributed by atoms with Crippen LogP contribution in [-0.4, -0.2) is 34.9 Å². The molecule has 4 N–H and O–H groups in total. The average Bonchev–Trinajstić information content (AvgIpc) is 2.42. The topological polar surface area (TPSA) is 97.1 Å². The molecule has 0 aliphatic rings. The molecular weight excluding hydrogens is 276 g/mol. The number of rotatable bonds is 6. The largest absolute Gasteiger partial charge is 0.389 e. The Morgan fingerprint density at radius 1 is 1.35 bits per heavy atom. The lowest BCUT2D eigenvalue weighted by Gasteiger charge is -2.08. The molecule has 0 fully saturated rings. The second kappa shape index (κ2) is 7.54. The maximum atomic E-state index is 11.8. The van der Waals surface area contributed by atoms with Gasteiger partial charge < -0.3 is 16.4 Å². The van der Waals surface area contributed by atoms with Gasteiger partial charge in [0.25, 0.3) is 5.91 Å². The lowest BCUT2D eigenvalue weighted by atomic mass is 10.2. The van der Waals surface area contributed by atoms with Gasteiger partial charge in [0, 0.05) is 18.3 Å². The summed E-state index contributed by atoms with van der Waals surface area (Å²) in [5.41, 5.74) is 6.23. The van der Waals surface area contributed by atoms with E-state index in [0.29, 0.717) is 18.0 Å². The second-order valence-corrected chi connectivity index (χ2v) is 5.12. The number of nitrogens with one attached hydrogen (secondary N) is 2. The Hall–Kier alpha value is -2.02. The average molecular weight is 294 g/mol. The monoisotopic (exact) mass is 294 g/mol. The van der Waals surface area contributed by atoms with Crippen molar-refractivity contribution in [1.29, 1.82) is 0 Å². The predicted octanol–water partition coefficient (Wildman–Crippen LogP) is 0.218. The van der Waals surface area contributed by atoms with Gasteiger partial charge in [-0.1, -0.05) is 26.1 Å². The fourth-order valence-corrected chi connectivity index (χ4v) is 1.43. The molecule has 0 atom stereocenters. The van der Waals surface area contributed by atoms with E-state index in [9.17, 15) is 9.59 Å². The van der Waals surface area contributed by atoms with E-state index >= 15 is 0 Å². The molecule has 0 spiro atoms. The first-order valence-corrected chi connectivity index (χ1v) is 6.61. The Labute approximate surface area is 123 Å². The Kier molecular flexibility index (Phi) is 6.05. The van der Waals surface area contributed by atoms with Gasteiger partial charge in [-0.15, -0.1) is 0 Å². The van der Waals surface area contributed by atoms with Gasteiger partial charge in [0.15, 0.2) is 0 Å². The fraction of sp³-hybridized carbons (Fsp3) is 0.385. The number of carbonyl (C=O) groups excluding carboxylic acids is 2. The summed E-state index contributed by atoms with van der Waals surface area (Å²) >= 11 is 4.79. The molecule has 0 aliphatic heterocycles. The van der Waals surface area contributed by atoms with E-state index in [1.165, 1.54) is 12.3 Å². The molecule has 20 heavy (non-hydrogen) atoms. The Morgan fingerprint density at radius 2 is 2.05 bits per heavy atom. The zero-order chi connectivity index (χ0) is 15.1. The van der Waals surface area contributed by atoms with Crippen molar-refractivity contribution >= 4 is 29.0 Å². The third-order valence-corrected chi connectivity index (χ3v) is 2.63. The zero-order valence-corrected chi connectivity index (χ0v) is 12.3. The van der Waals surface area contributed by atoms with Gasteiger partial charge in [0.1, 0.15) is 10.7 Å². The van der Waals surface area contributed by atoms with E-state index in [4.69, 9.17) is 18.0 Å². The van der Waals surface area contributed by atoms with Crippen molar-refractivity contribution in [2.24, 2.45) is 11.7 Å². The summed E-state index contributed by atoms with van der Waals surface area (Å²) in [6.45, 7) is 4.48. The molecule has 0 unspecified atom stereocenters. The highest BCUT2D eigenvalue weighted by Crippen LogP contribution is 2.00. The van der Waals surface area contributed by atoms with Crippen molar-refractivity contribution < 1.29 is 9.59 Å². The molecule has 2 amide bonds. The molecule has 7 heteroatoms. The minimum atomic E-state index is -0.417. The molecule has 0 saturated heterocycles. The molecule has 0 aromatic carbocycles. The minimum absolute atomic E-state index is 0.0791. The number of nitrogens with two attached hydrogens (primary N) is 1. The molecule has 6 nitrogen and oxygen atoms in total. The zero-order valence-electron chi connectivity index (χ0n) is 11.5. The molecular formula is C13H18N4O2S. The minimum Gasteiger partial charge on any atom is -0.389 e. The number of aromatic nitrogens is 1. The van der Waals surface area contributed by atoms with E-state index in [1.807, 2.05) is 13.8 Å². The quantitative estimate of drug-likeness (QED) is 0.652. The van der Waals surface area contributed by atoms with E-state index < -0.39 is 5.91 Å². The predicted molar refractivity (Wildman–Crippen MR) is 80.3 cm³/mol. The molecule has 1 aromatic rings. The summed E-state index contributed by atoms with van der Waals surface area (Å²) in [6.07, 6.45) is 1.43. The molecule has 1 heterocycles. The van der Waals surface area contributed by atoms with Crippen LogP contribution in [0.5, 0.6) is 0 Å². The van der Waals surface area contributed by atoms with Crippen LogP contribution in [0, 0.1) is 5.92 Å². The van der Waals surface area contributed by atoms with Gasteiger partial charge in [-0.05, 0) is 18.1 Å². The smallest absolute Gasteiger partial charge is 0.270 e. The SMILES string of the molecule is CC(C)CNC(=O)CNC(=O)c1ccc(C(N)=S)cn1. The summed E-state index contributed by atoms with van der Waals surface area (Å²) in [5.74, 6) is -0.282. The van der Waals surface area contributed by atoms with Crippen molar-refractivity contribution in [2.45, 2.75) is 13.8 Å². The van der Waals surface area contributed by atoms with Gasteiger partial charge >= 0.3 is 0 Å². The first-order valence-electron chi connectivity index (χ1n) is 6.21. The summed E-state index contributed by atoms with van der Waals surface area (Å²) in [6, 6.07) is 3.12. The highest BCUT2D eigenvalue weighted by Gasteiger charge is 2.09.